The molecule has 0 amide bonds. The van der Waals surface area contributed by atoms with Crippen LogP contribution in [0.25, 0.3) is 0 Å². The van der Waals surface area contributed by atoms with Crippen LogP contribution in [0.2, 0.25) is 5.15 Å². The van der Waals surface area contributed by atoms with Crippen LogP contribution in [0.5, 0.6) is 0 Å². The number of aromatic nitrogens is 2. The summed E-state index contributed by atoms with van der Waals surface area (Å²) in [5, 5.41) is 0.398. The number of methoxy groups -OCH3 is 1. The van der Waals surface area contributed by atoms with Gasteiger partial charge in [0.05, 0.1) is 4.47 Å². The predicted molar refractivity (Wildman–Crippen MR) is 54.8 cm³/mol. The summed E-state index contributed by atoms with van der Waals surface area (Å²) in [6.07, 6.45) is 1.62. The fourth-order valence-corrected chi connectivity index (χ4v) is 1.05. The molecule has 0 aromatic carbocycles. The summed E-state index contributed by atoms with van der Waals surface area (Å²) in [6, 6.07) is 0. The molecule has 0 bridgehead atoms. The molecular formula is C8H10BrClN2O. The van der Waals surface area contributed by atoms with Crippen LogP contribution < -0.4 is 0 Å². The van der Waals surface area contributed by atoms with Gasteiger partial charge in [-0.05, 0) is 29.8 Å². The molecule has 0 atom stereocenters. The van der Waals surface area contributed by atoms with Gasteiger partial charge in [0.2, 0.25) is 0 Å². The monoisotopic (exact) mass is 264 g/mol. The number of nitrogens with zero attached hydrogens (tertiary/aromatic N) is 2. The van der Waals surface area contributed by atoms with Crippen LogP contribution in [0.3, 0.4) is 0 Å². The quantitative estimate of drug-likeness (QED) is 0.771. The highest BCUT2D eigenvalue weighted by Crippen LogP contribution is 2.24. The molecule has 0 aliphatic carbocycles. The van der Waals surface area contributed by atoms with E-state index in [0.29, 0.717) is 15.5 Å². The first-order chi connectivity index (χ1) is 5.97. The minimum Gasteiger partial charge on any atom is -0.371 e. The summed E-state index contributed by atoms with van der Waals surface area (Å²) in [5.41, 5.74) is -0.510. The van der Waals surface area contributed by atoms with Crippen molar-refractivity contribution >= 4 is 27.5 Å². The molecule has 0 spiro atoms. The molecule has 0 saturated heterocycles. The van der Waals surface area contributed by atoms with Crippen LogP contribution in [0.4, 0.5) is 0 Å². The minimum atomic E-state index is -0.510. The topological polar surface area (TPSA) is 35.0 Å². The number of hydrogen-bond acceptors (Lipinski definition) is 3. The van der Waals surface area contributed by atoms with Crippen LogP contribution >= 0.6 is 27.5 Å². The molecule has 0 aliphatic rings. The molecule has 0 unspecified atom stereocenters. The van der Waals surface area contributed by atoms with Crippen molar-refractivity contribution in [3.63, 3.8) is 0 Å². The van der Waals surface area contributed by atoms with Crippen molar-refractivity contribution < 1.29 is 4.74 Å². The van der Waals surface area contributed by atoms with Crippen LogP contribution in [0.15, 0.2) is 10.7 Å². The molecule has 72 valence electrons. The van der Waals surface area contributed by atoms with Gasteiger partial charge in [-0.1, -0.05) is 11.6 Å². The third kappa shape index (κ3) is 2.39. The summed E-state index contributed by atoms with van der Waals surface area (Å²) in [5.74, 6) is 0.572. The van der Waals surface area contributed by atoms with Crippen molar-refractivity contribution in [2.45, 2.75) is 19.4 Å². The zero-order valence-corrected chi connectivity index (χ0v) is 9.98. The second kappa shape index (κ2) is 3.90. The fraction of sp³-hybridized carbons (Fsp3) is 0.500. The molecule has 0 fully saturated rings. The highest BCUT2D eigenvalue weighted by Gasteiger charge is 2.23. The number of ether oxygens (including phenoxy) is 1. The maximum Gasteiger partial charge on any atom is 0.161 e. The summed E-state index contributed by atoms with van der Waals surface area (Å²) in [6.45, 7) is 3.76. The maximum absolute atomic E-state index is 5.82. The lowest BCUT2D eigenvalue weighted by Crippen LogP contribution is -2.22. The third-order valence-corrected chi connectivity index (χ3v) is 2.85. The van der Waals surface area contributed by atoms with Gasteiger partial charge in [-0.2, -0.15) is 0 Å². The largest absolute Gasteiger partial charge is 0.371 e. The summed E-state index contributed by atoms with van der Waals surface area (Å²) < 4.78 is 5.90. The van der Waals surface area contributed by atoms with Crippen molar-refractivity contribution in [2.75, 3.05) is 7.11 Å². The molecule has 0 saturated carbocycles. The van der Waals surface area contributed by atoms with E-state index in [9.17, 15) is 0 Å². The van der Waals surface area contributed by atoms with Crippen LogP contribution in [-0.2, 0) is 10.3 Å². The van der Waals surface area contributed by atoms with E-state index in [0.717, 1.165) is 0 Å². The van der Waals surface area contributed by atoms with Gasteiger partial charge in [0.25, 0.3) is 0 Å². The highest BCUT2D eigenvalue weighted by molar-refractivity contribution is 9.10. The number of halogens is 2. The normalized spacial score (nSPS) is 11.8. The lowest BCUT2D eigenvalue weighted by molar-refractivity contribution is 0.0114. The Labute approximate surface area is 90.6 Å². The van der Waals surface area contributed by atoms with E-state index in [1.807, 2.05) is 13.8 Å². The first-order valence-electron chi connectivity index (χ1n) is 3.71. The lowest BCUT2D eigenvalue weighted by Gasteiger charge is -2.20. The van der Waals surface area contributed by atoms with E-state index in [2.05, 4.69) is 25.9 Å². The maximum atomic E-state index is 5.82. The second-order valence-electron chi connectivity index (χ2n) is 3.05. The van der Waals surface area contributed by atoms with E-state index >= 15 is 0 Å². The molecule has 1 rings (SSSR count). The lowest BCUT2D eigenvalue weighted by atomic mass is 10.1. The SMILES string of the molecule is COC(C)(C)c1ncc(Br)c(Cl)n1. The van der Waals surface area contributed by atoms with E-state index in [4.69, 9.17) is 16.3 Å². The molecule has 1 aromatic rings. The zero-order chi connectivity index (χ0) is 10.1. The van der Waals surface area contributed by atoms with Crippen molar-refractivity contribution in [1.29, 1.82) is 0 Å². The Morgan fingerprint density at radius 2 is 2.15 bits per heavy atom. The van der Waals surface area contributed by atoms with Gasteiger partial charge in [-0.15, -0.1) is 0 Å². The van der Waals surface area contributed by atoms with Crippen LogP contribution in [-0.4, -0.2) is 17.1 Å². The van der Waals surface area contributed by atoms with E-state index in [1.165, 1.54) is 0 Å². The zero-order valence-electron chi connectivity index (χ0n) is 7.64. The highest BCUT2D eigenvalue weighted by atomic mass is 79.9. The Morgan fingerprint density at radius 3 is 2.62 bits per heavy atom. The van der Waals surface area contributed by atoms with Gasteiger partial charge < -0.3 is 4.74 Å². The predicted octanol–water partition coefficient (Wildman–Crippen LogP) is 2.77. The van der Waals surface area contributed by atoms with E-state index < -0.39 is 5.60 Å². The molecule has 0 radical (unpaired) electrons. The Kier molecular flexibility index (Phi) is 3.27. The average molecular weight is 266 g/mol. The first-order valence-corrected chi connectivity index (χ1v) is 4.88. The molecule has 5 heteroatoms. The minimum absolute atomic E-state index is 0.398. The molecular weight excluding hydrogens is 255 g/mol. The van der Waals surface area contributed by atoms with E-state index in [1.54, 1.807) is 13.3 Å². The van der Waals surface area contributed by atoms with Crippen molar-refractivity contribution in [2.24, 2.45) is 0 Å². The standard InChI is InChI=1S/C8H10BrClN2O/c1-8(2,13-3)7-11-4-5(9)6(10)12-7/h4H,1-3H3. The average Bonchev–Trinajstić information content (AvgIpc) is 2.09. The van der Waals surface area contributed by atoms with E-state index in [-0.39, 0.29) is 0 Å². The Hall–Kier alpha value is -0.190. The van der Waals surface area contributed by atoms with Crippen LogP contribution in [0, 0.1) is 0 Å². The molecule has 3 nitrogen and oxygen atoms in total. The van der Waals surface area contributed by atoms with Gasteiger partial charge in [-0.3, -0.25) is 0 Å². The molecule has 1 aromatic heterocycles. The number of rotatable bonds is 2. The van der Waals surface area contributed by atoms with Gasteiger partial charge in [0.15, 0.2) is 5.82 Å². The Bertz CT molecular complexity index is 317. The van der Waals surface area contributed by atoms with Crippen molar-refractivity contribution in [3.05, 3.63) is 21.6 Å². The van der Waals surface area contributed by atoms with Gasteiger partial charge >= 0.3 is 0 Å². The van der Waals surface area contributed by atoms with Crippen molar-refractivity contribution in [1.82, 2.24) is 9.97 Å². The molecule has 0 N–H and O–H groups in total. The molecule has 13 heavy (non-hydrogen) atoms. The fourth-order valence-electron chi connectivity index (χ4n) is 0.728. The van der Waals surface area contributed by atoms with Crippen LogP contribution in [0.1, 0.15) is 19.7 Å². The van der Waals surface area contributed by atoms with Gasteiger partial charge in [-0.25, -0.2) is 9.97 Å². The van der Waals surface area contributed by atoms with Gasteiger partial charge in [0, 0.05) is 13.3 Å². The Morgan fingerprint density at radius 1 is 1.54 bits per heavy atom. The van der Waals surface area contributed by atoms with Gasteiger partial charge in [0.1, 0.15) is 10.8 Å². The van der Waals surface area contributed by atoms with Crippen molar-refractivity contribution in [3.8, 4) is 0 Å². The number of hydrogen-bond donors (Lipinski definition) is 0. The summed E-state index contributed by atoms with van der Waals surface area (Å²) >= 11 is 9.04. The first kappa shape index (κ1) is 10.9. The Balaban J connectivity index is 3.10. The third-order valence-electron chi connectivity index (χ3n) is 1.75. The smallest absolute Gasteiger partial charge is 0.161 e. The molecule has 1 heterocycles. The summed E-state index contributed by atoms with van der Waals surface area (Å²) in [4.78, 5) is 8.21. The second-order valence-corrected chi connectivity index (χ2v) is 4.26. The summed E-state index contributed by atoms with van der Waals surface area (Å²) in [7, 11) is 1.61. The molecule has 0 aliphatic heterocycles.